The standard InChI is InChI=1S/C11H14Cl2N4/c1-2-3-4-5-6-15-11-16-9(12)8(7-14)10(13)17-11/h2-6H2,1H3,(H,15,16,17). The van der Waals surface area contributed by atoms with Gasteiger partial charge in [0, 0.05) is 6.54 Å². The summed E-state index contributed by atoms with van der Waals surface area (Å²) in [6.07, 6.45) is 4.64. The molecular weight excluding hydrogens is 259 g/mol. The van der Waals surface area contributed by atoms with Gasteiger partial charge in [0.1, 0.15) is 11.6 Å². The maximum atomic E-state index is 8.74. The molecule has 0 radical (unpaired) electrons. The SMILES string of the molecule is CCCCCCNc1nc(Cl)c(C#N)c(Cl)n1. The predicted octanol–water partition coefficient (Wildman–Crippen LogP) is 3.65. The molecule has 0 unspecified atom stereocenters. The Morgan fingerprint density at radius 3 is 2.35 bits per heavy atom. The van der Waals surface area contributed by atoms with Crippen LogP contribution >= 0.6 is 23.2 Å². The van der Waals surface area contributed by atoms with Gasteiger partial charge < -0.3 is 5.32 Å². The highest BCUT2D eigenvalue weighted by Gasteiger charge is 2.10. The summed E-state index contributed by atoms with van der Waals surface area (Å²) in [5, 5.41) is 12.0. The summed E-state index contributed by atoms with van der Waals surface area (Å²) in [6.45, 7) is 2.94. The average molecular weight is 273 g/mol. The van der Waals surface area contributed by atoms with Crippen LogP contribution in [-0.2, 0) is 0 Å². The Morgan fingerprint density at radius 1 is 1.18 bits per heavy atom. The molecule has 1 rings (SSSR count). The highest BCUT2D eigenvalue weighted by molar-refractivity contribution is 6.35. The van der Waals surface area contributed by atoms with Crippen molar-refractivity contribution in [1.82, 2.24) is 9.97 Å². The Balaban J connectivity index is 2.53. The van der Waals surface area contributed by atoms with Gasteiger partial charge in [-0.2, -0.15) is 15.2 Å². The molecule has 6 heteroatoms. The van der Waals surface area contributed by atoms with Gasteiger partial charge in [0.2, 0.25) is 5.95 Å². The maximum absolute atomic E-state index is 8.74. The number of halogens is 2. The minimum absolute atomic E-state index is 0.0866. The van der Waals surface area contributed by atoms with E-state index in [2.05, 4.69) is 22.2 Å². The van der Waals surface area contributed by atoms with Gasteiger partial charge in [-0.3, -0.25) is 0 Å². The first-order valence-electron chi connectivity index (χ1n) is 5.56. The van der Waals surface area contributed by atoms with Crippen molar-refractivity contribution in [3.05, 3.63) is 15.9 Å². The number of hydrogen-bond donors (Lipinski definition) is 1. The summed E-state index contributed by atoms with van der Waals surface area (Å²) in [5.74, 6) is 0.371. The van der Waals surface area contributed by atoms with Gasteiger partial charge in [-0.25, -0.2) is 0 Å². The van der Waals surface area contributed by atoms with Crippen LogP contribution in [0.15, 0.2) is 0 Å². The number of nitriles is 1. The number of hydrogen-bond acceptors (Lipinski definition) is 4. The fraction of sp³-hybridized carbons (Fsp3) is 0.545. The Kier molecular flexibility index (Phi) is 6.03. The third kappa shape index (κ3) is 4.37. The van der Waals surface area contributed by atoms with Gasteiger partial charge >= 0.3 is 0 Å². The zero-order chi connectivity index (χ0) is 12.7. The van der Waals surface area contributed by atoms with Crippen molar-refractivity contribution in [1.29, 1.82) is 5.26 Å². The van der Waals surface area contributed by atoms with Gasteiger partial charge in [0.15, 0.2) is 10.3 Å². The number of aromatic nitrogens is 2. The summed E-state index contributed by atoms with van der Waals surface area (Å²) in [6, 6.07) is 1.86. The van der Waals surface area contributed by atoms with Crippen molar-refractivity contribution >= 4 is 29.2 Å². The molecule has 0 aliphatic carbocycles. The second-order valence-electron chi connectivity index (χ2n) is 3.60. The van der Waals surface area contributed by atoms with Gasteiger partial charge in [-0.15, -0.1) is 0 Å². The predicted molar refractivity (Wildman–Crippen MR) is 69.4 cm³/mol. The van der Waals surface area contributed by atoms with E-state index in [1.807, 2.05) is 6.07 Å². The number of unbranched alkanes of at least 4 members (excludes halogenated alkanes) is 3. The molecule has 1 aromatic rings. The smallest absolute Gasteiger partial charge is 0.225 e. The molecule has 0 amide bonds. The molecule has 1 heterocycles. The molecule has 1 N–H and O–H groups in total. The van der Waals surface area contributed by atoms with E-state index < -0.39 is 0 Å². The Morgan fingerprint density at radius 2 is 1.82 bits per heavy atom. The number of nitrogens with zero attached hydrogens (tertiary/aromatic N) is 3. The number of nitrogens with one attached hydrogen (secondary N) is 1. The van der Waals surface area contributed by atoms with E-state index in [1.165, 1.54) is 19.3 Å². The largest absolute Gasteiger partial charge is 0.354 e. The first kappa shape index (κ1) is 14.0. The zero-order valence-electron chi connectivity index (χ0n) is 9.63. The molecule has 0 atom stereocenters. The van der Waals surface area contributed by atoms with Crippen LogP contribution in [0.3, 0.4) is 0 Å². The first-order valence-corrected chi connectivity index (χ1v) is 6.31. The normalized spacial score (nSPS) is 10.0. The van der Waals surface area contributed by atoms with E-state index in [-0.39, 0.29) is 15.9 Å². The minimum Gasteiger partial charge on any atom is -0.354 e. The van der Waals surface area contributed by atoms with Crippen LogP contribution in [0.1, 0.15) is 38.2 Å². The molecule has 0 aromatic carbocycles. The molecule has 0 aliphatic heterocycles. The molecule has 92 valence electrons. The molecule has 0 fully saturated rings. The van der Waals surface area contributed by atoms with Crippen LogP contribution in [0, 0.1) is 11.3 Å². The fourth-order valence-corrected chi connectivity index (χ4v) is 1.80. The summed E-state index contributed by atoms with van der Waals surface area (Å²) in [5.41, 5.74) is 0.116. The lowest BCUT2D eigenvalue weighted by molar-refractivity contribution is 0.683. The van der Waals surface area contributed by atoms with E-state index >= 15 is 0 Å². The first-order chi connectivity index (χ1) is 8.19. The third-order valence-electron chi connectivity index (χ3n) is 2.25. The molecule has 0 saturated carbocycles. The fourth-order valence-electron chi connectivity index (χ4n) is 1.33. The van der Waals surface area contributed by atoms with Crippen molar-refractivity contribution in [3.63, 3.8) is 0 Å². The Bertz CT molecular complexity index is 391. The quantitative estimate of drug-likeness (QED) is 0.634. The molecule has 17 heavy (non-hydrogen) atoms. The van der Waals surface area contributed by atoms with Crippen molar-refractivity contribution in [3.8, 4) is 6.07 Å². The van der Waals surface area contributed by atoms with E-state index in [0.29, 0.717) is 5.95 Å². The second kappa shape index (κ2) is 7.31. The number of anilines is 1. The second-order valence-corrected chi connectivity index (χ2v) is 4.32. The molecular formula is C11H14Cl2N4. The van der Waals surface area contributed by atoms with Crippen molar-refractivity contribution in [2.24, 2.45) is 0 Å². The Hall–Kier alpha value is -1.05. The topological polar surface area (TPSA) is 61.6 Å². The minimum atomic E-state index is 0.0866. The van der Waals surface area contributed by atoms with Gasteiger partial charge in [0.25, 0.3) is 0 Å². The molecule has 1 aromatic heterocycles. The lowest BCUT2D eigenvalue weighted by Crippen LogP contribution is -2.06. The van der Waals surface area contributed by atoms with Gasteiger partial charge in [0.05, 0.1) is 0 Å². The molecule has 0 aliphatic rings. The van der Waals surface area contributed by atoms with Crippen LogP contribution < -0.4 is 5.32 Å². The summed E-state index contributed by atoms with van der Waals surface area (Å²) in [7, 11) is 0. The molecule has 0 bridgehead atoms. The van der Waals surface area contributed by atoms with E-state index in [1.54, 1.807) is 0 Å². The highest BCUT2D eigenvalue weighted by atomic mass is 35.5. The van der Waals surface area contributed by atoms with Crippen LogP contribution in [0.2, 0.25) is 10.3 Å². The van der Waals surface area contributed by atoms with Crippen molar-refractivity contribution in [2.45, 2.75) is 32.6 Å². The third-order valence-corrected chi connectivity index (χ3v) is 2.79. The maximum Gasteiger partial charge on any atom is 0.225 e. The summed E-state index contributed by atoms with van der Waals surface area (Å²) < 4.78 is 0. The van der Waals surface area contributed by atoms with Crippen LogP contribution in [0.4, 0.5) is 5.95 Å². The highest BCUT2D eigenvalue weighted by Crippen LogP contribution is 2.21. The molecule has 4 nitrogen and oxygen atoms in total. The summed E-state index contributed by atoms with van der Waals surface area (Å²) >= 11 is 11.6. The van der Waals surface area contributed by atoms with Gasteiger partial charge in [-0.1, -0.05) is 49.4 Å². The van der Waals surface area contributed by atoms with Crippen LogP contribution in [0.25, 0.3) is 0 Å². The lowest BCUT2D eigenvalue weighted by atomic mass is 10.2. The monoisotopic (exact) mass is 272 g/mol. The molecule has 0 saturated heterocycles. The van der Waals surface area contributed by atoms with Crippen LogP contribution in [0.5, 0.6) is 0 Å². The van der Waals surface area contributed by atoms with Crippen molar-refractivity contribution < 1.29 is 0 Å². The average Bonchev–Trinajstić information content (AvgIpc) is 2.28. The Labute approximate surface area is 111 Å². The zero-order valence-corrected chi connectivity index (χ0v) is 11.1. The summed E-state index contributed by atoms with van der Waals surface area (Å²) in [4.78, 5) is 7.92. The van der Waals surface area contributed by atoms with Crippen LogP contribution in [-0.4, -0.2) is 16.5 Å². The molecule has 0 spiro atoms. The van der Waals surface area contributed by atoms with Gasteiger partial charge in [-0.05, 0) is 6.42 Å². The number of rotatable bonds is 6. The lowest BCUT2D eigenvalue weighted by Gasteiger charge is -2.06. The van der Waals surface area contributed by atoms with E-state index in [0.717, 1.165) is 13.0 Å². The van der Waals surface area contributed by atoms with Crippen molar-refractivity contribution in [2.75, 3.05) is 11.9 Å². The van der Waals surface area contributed by atoms with E-state index in [9.17, 15) is 0 Å². The van der Waals surface area contributed by atoms with E-state index in [4.69, 9.17) is 28.5 Å².